The second-order valence-corrected chi connectivity index (χ2v) is 11.4. The quantitative estimate of drug-likeness (QED) is 0.379. The van der Waals surface area contributed by atoms with Crippen molar-refractivity contribution in [3.05, 3.63) is 101 Å². The molecule has 0 bridgehead atoms. The van der Waals surface area contributed by atoms with Gasteiger partial charge in [-0.3, -0.25) is 4.79 Å². The summed E-state index contributed by atoms with van der Waals surface area (Å²) in [4.78, 5) is 16.1. The molecule has 1 amide bonds. The Morgan fingerprint density at radius 3 is 2.16 bits per heavy atom. The number of nitrogens with zero attached hydrogens (tertiary/aromatic N) is 2. The van der Waals surface area contributed by atoms with Crippen LogP contribution in [-0.4, -0.2) is 45.7 Å². The lowest BCUT2D eigenvalue weighted by atomic mass is 9.93. The van der Waals surface area contributed by atoms with E-state index in [9.17, 15) is 13.2 Å². The average molecular weight is 535 g/mol. The number of likely N-dealkylation sites (tertiary alicyclic amines) is 1. The summed E-state index contributed by atoms with van der Waals surface area (Å²) in [6.07, 6.45) is 5.20. The fraction of sp³-hybridized carbons (Fsp3) is 0.207. The molecule has 0 atom stereocenters. The van der Waals surface area contributed by atoms with E-state index < -0.39 is 15.9 Å². The van der Waals surface area contributed by atoms with Crippen molar-refractivity contribution in [2.75, 3.05) is 30.8 Å². The van der Waals surface area contributed by atoms with Gasteiger partial charge in [-0.1, -0.05) is 54.1 Å². The average Bonchev–Trinajstić information content (AvgIpc) is 3.52. The topological polar surface area (TPSA) is 66.9 Å². The lowest BCUT2D eigenvalue weighted by Gasteiger charge is -2.23. The highest BCUT2D eigenvalue weighted by atomic mass is 35.5. The Kier molecular flexibility index (Phi) is 6.84. The molecule has 1 saturated heterocycles. The highest BCUT2D eigenvalue weighted by Gasteiger charge is 2.39. The first-order valence-electron chi connectivity index (χ1n) is 12.0. The van der Waals surface area contributed by atoms with Crippen molar-refractivity contribution in [2.24, 2.45) is 0 Å². The van der Waals surface area contributed by atoms with E-state index in [4.69, 9.17) is 16.3 Å². The highest BCUT2D eigenvalue weighted by Crippen LogP contribution is 2.43. The molecule has 0 aromatic heterocycles. The molecule has 8 heteroatoms. The summed E-state index contributed by atoms with van der Waals surface area (Å²) in [5, 5.41) is 0.641. The van der Waals surface area contributed by atoms with Crippen molar-refractivity contribution in [3.63, 3.8) is 0 Å². The third-order valence-electron chi connectivity index (χ3n) is 6.66. The summed E-state index contributed by atoms with van der Waals surface area (Å²) >= 11 is 6.18. The summed E-state index contributed by atoms with van der Waals surface area (Å²) in [6, 6.07) is 22.1. The zero-order valence-corrected chi connectivity index (χ0v) is 22.2. The maximum absolute atomic E-state index is 13.8. The van der Waals surface area contributed by atoms with Crippen molar-refractivity contribution < 1.29 is 17.9 Å². The van der Waals surface area contributed by atoms with Crippen LogP contribution in [0.1, 0.15) is 29.5 Å². The van der Waals surface area contributed by atoms with Crippen LogP contribution in [0.25, 0.3) is 16.8 Å². The van der Waals surface area contributed by atoms with Crippen LogP contribution in [0.3, 0.4) is 0 Å². The van der Waals surface area contributed by atoms with Gasteiger partial charge in [0.15, 0.2) is 0 Å². The van der Waals surface area contributed by atoms with Crippen LogP contribution in [-0.2, 0) is 14.8 Å². The smallest absolute Gasteiger partial charge is 0.273 e. The number of hydrogen-bond acceptors (Lipinski definition) is 5. The van der Waals surface area contributed by atoms with Crippen molar-refractivity contribution in [3.8, 4) is 5.75 Å². The maximum Gasteiger partial charge on any atom is 0.273 e. The number of carbonyl (C=O) groups excluding carboxylic acids is 1. The van der Waals surface area contributed by atoms with Gasteiger partial charge in [0, 0.05) is 29.4 Å². The molecule has 190 valence electrons. The molecule has 3 aromatic rings. The van der Waals surface area contributed by atoms with E-state index in [0.717, 1.165) is 53.3 Å². The molecule has 2 aliphatic rings. The SMILES string of the molecule is COc1ccc(C(/C=C(/c2ccc(Cl)cc2)N2CCCC2)=C2\C(=O)N(S(C)(=O)=O)c3ccccc32)cc1. The molecule has 2 heterocycles. The van der Waals surface area contributed by atoms with Crippen molar-refractivity contribution in [2.45, 2.75) is 12.8 Å². The Morgan fingerprint density at radius 1 is 0.919 bits per heavy atom. The first-order valence-corrected chi connectivity index (χ1v) is 14.3. The van der Waals surface area contributed by atoms with Crippen molar-refractivity contribution in [1.82, 2.24) is 4.90 Å². The molecule has 1 fully saturated rings. The predicted molar refractivity (Wildman–Crippen MR) is 149 cm³/mol. The summed E-state index contributed by atoms with van der Waals surface area (Å²) in [5.41, 5.74) is 4.63. The number of halogens is 1. The van der Waals surface area contributed by atoms with E-state index in [2.05, 4.69) is 4.90 Å². The summed E-state index contributed by atoms with van der Waals surface area (Å²) in [6.45, 7) is 1.78. The number of anilines is 1. The van der Waals surface area contributed by atoms with Gasteiger partial charge in [0.25, 0.3) is 5.91 Å². The van der Waals surface area contributed by atoms with Crippen LogP contribution in [0.5, 0.6) is 5.75 Å². The molecule has 0 spiro atoms. The fourth-order valence-corrected chi connectivity index (χ4v) is 5.96. The molecule has 0 aliphatic carbocycles. The molecule has 0 radical (unpaired) electrons. The molecule has 5 rings (SSSR count). The monoisotopic (exact) mass is 534 g/mol. The number of benzene rings is 3. The van der Waals surface area contributed by atoms with E-state index in [1.54, 1.807) is 25.3 Å². The minimum atomic E-state index is -3.84. The lowest BCUT2D eigenvalue weighted by molar-refractivity contribution is -0.111. The standard InChI is InChI=1S/C29H27ClN2O4S/c1-36-23-15-11-20(12-16-23)25(19-27(31-17-5-6-18-31)21-9-13-22(30)14-10-21)28-24-7-3-4-8-26(24)32(29(28)33)37(2,34)35/h3-4,7-16,19H,5-6,17-18H2,1-2H3/b27-19-,28-25-. The lowest BCUT2D eigenvalue weighted by Crippen LogP contribution is -2.32. The van der Waals surface area contributed by atoms with Crippen molar-refractivity contribution in [1.29, 1.82) is 0 Å². The van der Waals surface area contributed by atoms with Gasteiger partial charge in [-0.15, -0.1) is 0 Å². The van der Waals surface area contributed by atoms with E-state index in [0.29, 0.717) is 33.2 Å². The van der Waals surface area contributed by atoms with Crippen LogP contribution >= 0.6 is 11.6 Å². The molecule has 0 unspecified atom stereocenters. The Bertz CT molecular complexity index is 1500. The molecule has 6 nitrogen and oxygen atoms in total. The van der Waals surface area contributed by atoms with Gasteiger partial charge in [0.1, 0.15) is 5.75 Å². The predicted octanol–water partition coefficient (Wildman–Crippen LogP) is 5.70. The van der Waals surface area contributed by atoms with Gasteiger partial charge in [-0.05, 0) is 65.9 Å². The number of sulfonamides is 1. The molecule has 2 aliphatic heterocycles. The zero-order valence-electron chi connectivity index (χ0n) is 20.6. The van der Waals surface area contributed by atoms with Crippen LogP contribution in [0.15, 0.2) is 78.9 Å². The number of rotatable bonds is 6. The first-order chi connectivity index (χ1) is 17.8. The highest BCUT2D eigenvalue weighted by molar-refractivity contribution is 7.93. The number of amides is 1. The zero-order chi connectivity index (χ0) is 26.2. The number of methoxy groups -OCH3 is 1. The van der Waals surface area contributed by atoms with Crippen LogP contribution in [0.2, 0.25) is 5.02 Å². The van der Waals surface area contributed by atoms with Gasteiger partial charge in [-0.25, -0.2) is 12.7 Å². The Hall–Kier alpha value is -3.55. The number of allylic oxidation sites excluding steroid dienone is 2. The van der Waals surface area contributed by atoms with Gasteiger partial charge in [-0.2, -0.15) is 0 Å². The number of para-hydroxylation sites is 1. The molecule has 3 aromatic carbocycles. The molecule has 0 saturated carbocycles. The van der Waals surface area contributed by atoms with E-state index >= 15 is 0 Å². The normalized spacial score (nSPS) is 17.3. The van der Waals surface area contributed by atoms with Crippen LogP contribution in [0, 0.1) is 0 Å². The Balaban J connectivity index is 1.81. The Morgan fingerprint density at radius 2 is 1.54 bits per heavy atom. The minimum Gasteiger partial charge on any atom is -0.497 e. The van der Waals surface area contributed by atoms with Gasteiger partial charge in [0.05, 0.1) is 24.6 Å². The third-order valence-corrected chi connectivity index (χ3v) is 7.94. The third kappa shape index (κ3) is 4.89. The second kappa shape index (κ2) is 10.1. The van der Waals surface area contributed by atoms with Crippen LogP contribution < -0.4 is 9.04 Å². The van der Waals surface area contributed by atoms with Gasteiger partial charge < -0.3 is 9.64 Å². The Labute approximate surface area is 222 Å². The number of ether oxygens (including phenoxy) is 1. The number of carbonyl (C=O) groups is 1. The molecule has 37 heavy (non-hydrogen) atoms. The van der Waals surface area contributed by atoms with Crippen LogP contribution in [0.4, 0.5) is 5.69 Å². The van der Waals surface area contributed by atoms with Gasteiger partial charge in [0.2, 0.25) is 10.0 Å². The number of fused-ring (bicyclic) bond motifs is 1. The summed E-state index contributed by atoms with van der Waals surface area (Å²) in [5.74, 6) is 0.119. The number of hydrogen-bond donors (Lipinski definition) is 0. The summed E-state index contributed by atoms with van der Waals surface area (Å²) < 4.78 is 31.7. The summed E-state index contributed by atoms with van der Waals surface area (Å²) in [7, 11) is -2.24. The largest absolute Gasteiger partial charge is 0.497 e. The molecular weight excluding hydrogens is 508 g/mol. The van der Waals surface area contributed by atoms with E-state index in [1.807, 2.05) is 60.7 Å². The fourth-order valence-electron chi connectivity index (χ4n) is 4.92. The van der Waals surface area contributed by atoms with Crippen molar-refractivity contribution >= 4 is 50.1 Å². The molecule has 0 N–H and O–H groups in total. The second-order valence-electron chi connectivity index (χ2n) is 9.10. The van der Waals surface area contributed by atoms with E-state index in [1.165, 1.54) is 0 Å². The van der Waals surface area contributed by atoms with Gasteiger partial charge >= 0.3 is 0 Å². The minimum absolute atomic E-state index is 0.344. The first kappa shape index (κ1) is 25.1. The molecular formula is C29H27ClN2O4S. The van der Waals surface area contributed by atoms with E-state index in [-0.39, 0.29) is 0 Å². The maximum atomic E-state index is 13.8.